The average Bonchev–Trinajstić information content (AvgIpc) is 2.74. The number of para-hydroxylation sites is 1. The molecule has 3 rings (SSSR count). The van der Waals surface area contributed by atoms with Crippen molar-refractivity contribution in [1.29, 1.82) is 0 Å². The average molecular weight is 396 g/mol. The Hall–Kier alpha value is -3.55. The van der Waals surface area contributed by atoms with E-state index in [1.165, 1.54) is 6.07 Å². The number of ether oxygens (including phenoxy) is 1. The number of carbonyl (C=O) groups excluding carboxylic acids is 3. The van der Waals surface area contributed by atoms with Crippen molar-refractivity contribution >= 4 is 29.3 Å². The van der Waals surface area contributed by atoms with Gasteiger partial charge in [0.25, 0.3) is 5.91 Å². The standard InChI is InChI=1S/C21H24N4O4/c22-18-16(19(23)26)7-4-8-17(18)24-20(27)15-9-11-25(12-10-15)21(28)29-13-14-5-2-1-3-6-14/h1-8,15H,9-13,22H2,(H2,23,26)(H,24,27). The lowest BCUT2D eigenvalue weighted by Gasteiger charge is -2.30. The maximum absolute atomic E-state index is 12.6. The first-order chi connectivity index (χ1) is 14.0. The largest absolute Gasteiger partial charge is 0.445 e. The molecule has 1 aliphatic rings. The second-order valence-electron chi connectivity index (χ2n) is 6.92. The van der Waals surface area contributed by atoms with Crippen molar-refractivity contribution in [3.63, 3.8) is 0 Å². The normalized spacial score (nSPS) is 14.3. The van der Waals surface area contributed by atoms with Crippen LogP contribution in [0.1, 0.15) is 28.8 Å². The zero-order chi connectivity index (χ0) is 20.8. The molecule has 5 N–H and O–H groups in total. The first-order valence-corrected chi connectivity index (χ1v) is 9.40. The molecular weight excluding hydrogens is 372 g/mol. The molecule has 0 aliphatic carbocycles. The molecule has 0 radical (unpaired) electrons. The van der Waals surface area contributed by atoms with Gasteiger partial charge in [-0.3, -0.25) is 9.59 Å². The number of amides is 3. The molecule has 2 aromatic rings. The molecule has 0 spiro atoms. The van der Waals surface area contributed by atoms with Crippen LogP contribution < -0.4 is 16.8 Å². The lowest BCUT2D eigenvalue weighted by Crippen LogP contribution is -2.41. The highest BCUT2D eigenvalue weighted by Crippen LogP contribution is 2.25. The van der Waals surface area contributed by atoms with E-state index in [4.69, 9.17) is 16.2 Å². The van der Waals surface area contributed by atoms with E-state index in [0.29, 0.717) is 31.6 Å². The zero-order valence-electron chi connectivity index (χ0n) is 16.0. The van der Waals surface area contributed by atoms with Gasteiger partial charge in [-0.2, -0.15) is 0 Å². The van der Waals surface area contributed by atoms with Crippen molar-refractivity contribution in [1.82, 2.24) is 4.90 Å². The van der Waals surface area contributed by atoms with Gasteiger partial charge in [0, 0.05) is 19.0 Å². The van der Waals surface area contributed by atoms with E-state index < -0.39 is 5.91 Å². The Morgan fingerprint density at radius 2 is 1.72 bits per heavy atom. The molecule has 1 heterocycles. The Labute approximate surface area is 168 Å². The number of nitrogens with one attached hydrogen (secondary N) is 1. The third-order valence-electron chi connectivity index (χ3n) is 4.96. The van der Waals surface area contributed by atoms with Crippen molar-refractivity contribution in [2.45, 2.75) is 19.4 Å². The van der Waals surface area contributed by atoms with Gasteiger partial charge in [0.05, 0.1) is 16.9 Å². The molecule has 3 amide bonds. The van der Waals surface area contributed by atoms with Crippen LogP contribution in [0.2, 0.25) is 0 Å². The summed E-state index contributed by atoms with van der Waals surface area (Å²) in [5, 5.41) is 2.76. The van der Waals surface area contributed by atoms with Crippen LogP contribution >= 0.6 is 0 Å². The number of nitrogen functional groups attached to an aromatic ring is 1. The highest BCUT2D eigenvalue weighted by atomic mass is 16.6. The summed E-state index contributed by atoms with van der Waals surface area (Å²) >= 11 is 0. The molecule has 0 bridgehead atoms. The number of hydrogen-bond acceptors (Lipinski definition) is 5. The fourth-order valence-corrected chi connectivity index (χ4v) is 3.26. The van der Waals surface area contributed by atoms with Crippen molar-refractivity contribution in [3.8, 4) is 0 Å². The number of nitrogens with zero attached hydrogens (tertiary/aromatic N) is 1. The number of anilines is 2. The Morgan fingerprint density at radius 1 is 1.03 bits per heavy atom. The van der Waals surface area contributed by atoms with Gasteiger partial charge in [-0.15, -0.1) is 0 Å². The minimum absolute atomic E-state index is 0.148. The number of likely N-dealkylation sites (tertiary alicyclic amines) is 1. The predicted octanol–water partition coefficient (Wildman–Crippen LogP) is 2.35. The summed E-state index contributed by atoms with van der Waals surface area (Å²) in [4.78, 5) is 37.8. The van der Waals surface area contributed by atoms with Gasteiger partial charge in [0.2, 0.25) is 5.91 Å². The number of hydrogen-bond donors (Lipinski definition) is 3. The van der Waals surface area contributed by atoms with Crippen molar-refractivity contribution in [2.24, 2.45) is 11.7 Å². The van der Waals surface area contributed by atoms with Gasteiger partial charge in [-0.05, 0) is 30.5 Å². The summed E-state index contributed by atoms with van der Waals surface area (Å²) in [6, 6.07) is 14.2. The molecule has 0 saturated carbocycles. The number of carbonyl (C=O) groups is 3. The molecule has 0 atom stereocenters. The van der Waals surface area contributed by atoms with E-state index in [1.54, 1.807) is 17.0 Å². The smallest absolute Gasteiger partial charge is 0.410 e. The van der Waals surface area contributed by atoms with Crippen LogP contribution in [-0.2, 0) is 16.1 Å². The highest BCUT2D eigenvalue weighted by molar-refractivity contribution is 6.04. The zero-order valence-corrected chi connectivity index (χ0v) is 16.0. The summed E-state index contributed by atoms with van der Waals surface area (Å²) in [6.45, 7) is 1.08. The van der Waals surface area contributed by atoms with Crippen LogP contribution in [0.15, 0.2) is 48.5 Å². The number of primary amides is 1. The SMILES string of the molecule is NC(=O)c1cccc(NC(=O)C2CCN(C(=O)OCc3ccccc3)CC2)c1N. The Balaban J connectivity index is 1.50. The first kappa shape index (κ1) is 20.2. The molecule has 0 aromatic heterocycles. The van der Waals surface area contributed by atoms with Crippen LogP contribution in [0, 0.1) is 5.92 Å². The van der Waals surface area contributed by atoms with Crippen molar-refractivity contribution in [2.75, 3.05) is 24.1 Å². The topological polar surface area (TPSA) is 128 Å². The summed E-state index contributed by atoms with van der Waals surface area (Å²) < 4.78 is 5.34. The van der Waals surface area contributed by atoms with Gasteiger partial charge >= 0.3 is 6.09 Å². The second-order valence-corrected chi connectivity index (χ2v) is 6.92. The summed E-state index contributed by atoms with van der Waals surface area (Å²) in [5.41, 5.74) is 12.8. The Bertz CT molecular complexity index is 893. The first-order valence-electron chi connectivity index (χ1n) is 9.40. The van der Waals surface area contributed by atoms with E-state index in [2.05, 4.69) is 5.32 Å². The maximum Gasteiger partial charge on any atom is 0.410 e. The van der Waals surface area contributed by atoms with Gasteiger partial charge in [-0.25, -0.2) is 4.79 Å². The molecular formula is C21H24N4O4. The maximum atomic E-state index is 12.6. The summed E-state index contributed by atoms with van der Waals surface area (Å²) in [6.07, 6.45) is 0.648. The van der Waals surface area contributed by atoms with E-state index in [9.17, 15) is 14.4 Å². The van der Waals surface area contributed by atoms with Crippen LogP contribution in [-0.4, -0.2) is 35.9 Å². The van der Waals surface area contributed by atoms with Crippen LogP contribution in [0.5, 0.6) is 0 Å². The van der Waals surface area contributed by atoms with Crippen molar-refractivity contribution < 1.29 is 19.1 Å². The molecule has 0 unspecified atom stereocenters. The molecule has 29 heavy (non-hydrogen) atoms. The van der Waals surface area contributed by atoms with Crippen LogP contribution in [0.3, 0.4) is 0 Å². The summed E-state index contributed by atoms with van der Waals surface area (Å²) in [5.74, 6) is -1.11. The fourth-order valence-electron chi connectivity index (χ4n) is 3.26. The Kier molecular flexibility index (Phi) is 6.33. The van der Waals surface area contributed by atoms with Crippen LogP contribution in [0.25, 0.3) is 0 Å². The number of nitrogens with two attached hydrogens (primary N) is 2. The summed E-state index contributed by atoms with van der Waals surface area (Å²) in [7, 11) is 0. The monoisotopic (exact) mass is 396 g/mol. The van der Waals surface area contributed by atoms with E-state index >= 15 is 0 Å². The molecule has 152 valence electrons. The van der Waals surface area contributed by atoms with E-state index in [0.717, 1.165) is 5.56 Å². The number of rotatable bonds is 5. The minimum atomic E-state index is -0.652. The second kappa shape index (κ2) is 9.09. The number of benzene rings is 2. The Morgan fingerprint density at radius 3 is 2.38 bits per heavy atom. The molecule has 1 saturated heterocycles. The highest BCUT2D eigenvalue weighted by Gasteiger charge is 2.28. The third-order valence-corrected chi connectivity index (χ3v) is 4.96. The predicted molar refractivity (Wildman–Crippen MR) is 109 cm³/mol. The number of piperidine rings is 1. The molecule has 8 heteroatoms. The van der Waals surface area contributed by atoms with Gasteiger partial charge in [0.15, 0.2) is 0 Å². The fraction of sp³-hybridized carbons (Fsp3) is 0.286. The van der Waals surface area contributed by atoms with E-state index in [-0.39, 0.29) is 35.8 Å². The van der Waals surface area contributed by atoms with Crippen molar-refractivity contribution in [3.05, 3.63) is 59.7 Å². The van der Waals surface area contributed by atoms with Gasteiger partial charge in [-0.1, -0.05) is 36.4 Å². The van der Waals surface area contributed by atoms with E-state index in [1.807, 2.05) is 30.3 Å². The van der Waals surface area contributed by atoms with Gasteiger partial charge < -0.3 is 26.4 Å². The minimum Gasteiger partial charge on any atom is -0.445 e. The quantitative estimate of drug-likeness (QED) is 0.669. The molecule has 2 aromatic carbocycles. The molecule has 1 aliphatic heterocycles. The lowest BCUT2D eigenvalue weighted by atomic mass is 9.96. The third kappa shape index (κ3) is 5.04. The van der Waals surface area contributed by atoms with Gasteiger partial charge in [0.1, 0.15) is 6.61 Å². The molecule has 8 nitrogen and oxygen atoms in total. The molecule has 1 fully saturated rings. The van der Waals surface area contributed by atoms with Crippen LogP contribution in [0.4, 0.5) is 16.2 Å². The lowest BCUT2D eigenvalue weighted by molar-refractivity contribution is -0.121.